The Balaban J connectivity index is 1.69. The molecule has 0 unspecified atom stereocenters. The van der Waals surface area contributed by atoms with Gasteiger partial charge in [-0.3, -0.25) is 4.90 Å². The van der Waals surface area contributed by atoms with Crippen molar-refractivity contribution in [1.82, 2.24) is 4.90 Å². The van der Waals surface area contributed by atoms with E-state index in [9.17, 15) is 14.4 Å². The molecule has 0 fully saturated rings. The molecule has 2 aromatic rings. The second kappa shape index (κ2) is 10.2. The van der Waals surface area contributed by atoms with Crippen LogP contribution < -0.4 is 5.73 Å². The maximum atomic E-state index is 12.9. The largest absolute Gasteiger partial charge is 0.445 e. The second-order valence-corrected chi connectivity index (χ2v) is 8.06. The first kappa shape index (κ1) is 22.5. The Kier molecular flexibility index (Phi) is 7.41. The van der Waals surface area contributed by atoms with Gasteiger partial charge in [0.25, 0.3) is 0 Å². The van der Waals surface area contributed by atoms with Crippen molar-refractivity contribution in [2.75, 3.05) is 6.54 Å². The molecule has 31 heavy (non-hydrogen) atoms. The van der Waals surface area contributed by atoms with Gasteiger partial charge in [0, 0.05) is 6.04 Å². The van der Waals surface area contributed by atoms with Crippen molar-refractivity contribution in [3.63, 3.8) is 0 Å². The van der Waals surface area contributed by atoms with Crippen LogP contribution in [0, 0.1) is 5.92 Å². The van der Waals surface area contributed by atoms with Gasteiger partial charge in [0.15, 0.2) is 0 Å². The van der Waals surface area contributed by atoms with Gasteiger partial charge in [-0.1, -0.05) is 68.4 Å². The van der Waals surface area contributed by atoms with E-state index in [1.54, 1.807) is 13.8 Å². The average molecular weight is 424 g/mol. The minimum absolute atomic E-state index is 0.0854. The van der Waals surface area contributed by atoms with Crippen LogP contribution in [-0.2, 0) is 38.5 Å². The third-order valence-electron chi connectivity index (χ3n) is 5.41. The highest BCUT2D eigenvalue weighted by molar-refractivity contribution is 5.90. The molecule has 0 bridgehead atoms. The minimum Gasteiger partial charge on any atom is -0.445 e. The normalized spacial score (nSPS) is 14.1. The van der Waals surface area contributed by atoms with Crippen LogP contribution in [0.15, 0.2) is 54.6 Å². The molecule has 3 rings (SSSR count). The molecule has 0 aromatic heterocycles. The summed E-state index contributed by atoms with van der Waals surface area (Å²) in [5, 5.41) is 0. The Labute approximate surface area is 182 Å². The van der Waals surface area contributed by atoms with Crippen LogP contribution in [0.2, 0.25) is 0 Å². The van der Waals surface area contributed by atoms with E-state index in [1.165, 1.54) is 4.90 Å². The first-order valence-corrected chi connectivity index (χ1v) is 10.4. The first-order chi connectivity index (χ1) is 14.8. The summed E-state index contributed by atoms with van der Waals surface area (Å²) in [7, 11) is 0. The molecule has 0 saturated carbocycles. The lowest BCUT2D eigenvalue weighted by Gasteiger charge is -2.27. The molecule has 1 atom stereocenters. The number of hydrogen-bond acceptors (Lipinski definition) is 6. The van der Waals surface area contributed by atoms with Gasteiger partial charge < -0.3 is 15.2 Å². The Bertz CT molecular complexity index is 904. The summed E-state index contributed by atoms with van der Waals surface area (Å²) in [5.41, 5.74) is 8.85. The maximum absolute atomic E-state index is 12.9. The van der Waals surface area contributed by atoms with Crippen LogP contribution in [0.4, 0.5) is 4.79 Å². The first-order valence-electron chi connectivity index (χ1n) is 10.4. The summed E-state index contributed by atoms with van der Waals surface area (Å²) in [6.45, 7) is 3.23. The third kappa shape index (κ3) is 5.92. The van der Waals surface area contributed by atoms with E-state index in [4.69, 9.17) is 15.2 Å². The molecular formula is C24H28N2O5. The second-order valence-electron chi connectivity index (χ2n) is 8.06. The van der Waals surface area contributed by atoms with Crippen molar-refractivity contribution in [3.8, 4) is 0 Å². The van der Waals surface area contributed by atoms with Crippen molar-refractivity contribution < 1.29 is 23.9 Å². The average Bonchev–Trinajstić information content (AvgIpc) is 3.19. The van der Waals surface area contributed by atoms with Gasteiger partial charge in [-0.15, -0.1) is 0 Å². The lowest BCUT2D eigenvalue weighted by atomic mass is 10.1. The molecule has 0 radical (unpaired) electrons. The molecule has 0 saturated heterocycles. The number of nitrogens with two attached hydrogens (primary N) is 1. The molecule has 1 amide bonds. The predicted octanol–water partition coefficient (Wildman–Crippen LogP) is 2.85. The molecule has 0 aliphatic heterocycles. The van der Waals surface area contributed by atoms with Crippen LogP contribution in [-0.4, -0.2) is 41.6 Å². The van der Waals surface area contributed by atoms with E-state index in [-0.39, 0.29) is 25.1 Å². The third-order valence-corrected chi connectivity index (χ3v) is 5.41. The molecule has 7 nitrogen and oxygen atoms in total. The SMILES string of the molecule is CC(C)[C@H](N)C(=O)OC(=O)CN(C(=O)OCc1ccccc1)C1Cc2ccccc2C1. The van der Waals surface area contributed by atoms with E-state index in [2.05, 4.69) is 0 Å². The molecule has 7 heteroatoms. The summed E-state index contributed by atoms with van der Waals surface area (Å²) in [6.07, 6.45) is 0.575. The summed E-state index contributed by atoms with van der Waals surface area (Å²) in [5.74, 6) is -1.79. The number of amides is 1. The van der Waals surface area contributed by atoms with Crippen LogP contribution in [0.5, 0.6) is 0 Å². The fourth-order valence-electron chi connectivity index (χ4n) is 3.52. The number of rotatable bonds is 7. The number of carbonyl (C=O) groups is 3. The number of esters is 2. The fraction of sp³-hybridized carbons (Fsp3) is 0.375. The lowest BCUT2D eigenvalue weighted by Crippen LogP contribution is -2.46. The van der Waals surface area contributed by atoms with Gasteiger partial charge in [-0.25, -0.2) is 14.4 Å². The Morgan fingerprint density at radius 3 is 2.16 bits per heavy atom. The van der Waals surface area contributed by atoms with E-state index >= 15 is 0 Å². The molecule has 0 spiro atoms. The summed E-state index contributed by atoms with van der Waals surface area (Å²) >= 11 is 0. The molecule has 2 aromatic carbocycles. The number of benzene rings is 2. The standard InChI is InChI=1S/C24H28N2O5/c1-16(2)22(25)23(28)31-21(27)14-26(20-12-18-10-6-7-11-19(18)13-20)24(29)30-15-17-8-4-3-5-9-17/h3-11,16,20,22H,12-15,25H2,1-2H3/t22-/m0/s1. The molecule has 2 N–H and O–H groups in total. The minimum atomic E-state index is -0.904. The van der Waals surface area contributed by atoms with E-state index in [0.29, 0.717) is 12.8 Å². The van der Waals surface area contributed by atoms with Gasteiger partial charge in [0.2, 0.25) is 0 Å². The molecule has 164 valence electrons. The number of nitrogens with zero attached hydrogens (tertiary/aromatic N) is 1. The van der Waals surface area contributed by atoms with Crippen molar-refractivity contribution in [1.29, 1.82) is 0 Å². The topological polar surface area (TPSA) is 98.9 Å². The van der Waals surface area contributed by atoms with Gasteiger partial charge in [0.05, 0.1) is 0 Å². The Morgan fingerprint density at radius 2 is 1.58 bits per heavy atom. The van der Waals surface area contributed by atoms with Gasteiger partial charge >= 0.3 is 18.0 Å². The zero-order valence-corrected chi connectivity index (χ0v) is 17.8. The van der Waals surface area contributed by atoms with Crippen molar-refractivity contribution >= 4 is 18.0 Å². The molecule has 1 aliphatic carbocycles. The van der Waals surface area contributed by atoms with E-state index in [1.807, 2.05) is 54.6 Å². The maximum Gasteiger partial charge on any atom is 0.410 e. The van der Waals surface area contributed by atoms with Crippen LogP contribution in [0.3, 0.4) is 0 Å². The van der Waals surface area contributed by atoms with Crippen LogP contribution >= 0.6 is 0 Å². The highest BCUT2D eigenvalue weighted by Crippen LogP contribution is 2.26. The smallest absolute Gasteiger partial charge is 0.410 e. The Morgan fingerprint density at radius 1 is 1.00 bits per heavy atom. The van der Waals surface area contributed by atoms with Crippen LogP contribution in [0.1, 0.15) is 30.5 Å². The van der Waals surface area contributed by atoms with Crippen LogP contribution in [0.25, 0.3) is 0 Å². The highest BCUT2D eigenvalue weighted by atomic mass is 16.6. The molecule has 0 heterocycles. The van der Waals surface area contributed by atoms with Gasteiger partial charge in [-0.2, -0.15) is 0 Å². The number of carbonyl (C=O) groups excluding carboxylic acids is 3. The number of ether oxygens (including phenoxy) is 2. The van der Waals surface area contributed by atoms with Gasteiger partial charge in [-0.05, 0) is 35.4 Å². The number of hydrogen-bond donors (Lipinski definition) is 1. The predicted molar refractivity (Wildman–Crippen MR) is 115 cm³/mol. The van der Waals surface area contributed by atoms with Gasteiger partial charge in [0.1, 0.15) is 19.2 Å². The van der Waals surface area contributed by atoms with Crippen molar-refractivity contribution in [2.24, 2.45) is 11.7 Å². The Hall–Kier alpha value is -3.19. The highest BCUT2D eigenvalue weighted by Gasteiger charge is 2.33. The quantitative estimate of drug-likeness (QED) is 0.542. The molecule has 1 aliphatic rings. The fourth-order valence-corrected chi connectivity index (χ4v) is 3.52. The lowest BCUT2D eigenvalue weighted by molar-refractivity contribution is -0.162. The molecular weight excluding hydrogens is 396 g/mol. The number of fused-ring (bicyclic) bond motifs is 1. The van der Waals surface area contributed by atoms with Crippen molar-refractivity contribution in [3.05, 3.63) is 71.3 Å². The summed E-state index contributed by atoms with van der Waals surface area (Å²) in [4.78, 5) is 38.8. The zero-order valence-electron chi connectivity index (χ0n) is 17.8. The summed E-state index contributed by atoms with van der Waals surface area (Å²) < 4.78 is 10.4. The zero-order chi connectivity index (χ0) is 22.4. The van der Waals surface area contributed by atoms with Crippen molar-refractivity contribution in [2.45, 2.75) is 45.4 Å². The summed E-state index contributed by atoms with van der Waals surface area (Å²) in [6, 6.07) is 16.0. The van der Waals surface area contributed by atoms with E-state index < -0.39 is 24.1 Å². The van der Waals surface area contributed by atoms with E-state index in [0.717, 1.165) is 16.7 Å². The monoisotopic (exact) mass is 424 g/mol.